The summed E-state index contributed by atoms with van der Waals surface area (Å²) >= 11 is 0. The molecule has 6 heteroatoms. The van der Waals surface area contributed by atoms with Gasteiger partial charge in [0.15, 0.2) is 5.76 Å². The largest absolute Gasteiger partial charge is 0.480 e. The number of nitrogens with zero attached hydrogens (tertiary/aromatic N) is 1. The van der Waals surface area contributed by atoms with Crippen molar-refractivity contribution in [3.05, 3.63) is 17.0 Å². The van der Waals surface area contributed by atoms with Crippen LogP contribution in [0, 0.1) is 6.92 Å². The highest BCUT2D eigenvalue weighted by molar-refractivity contribution is 5.99. The summed E-state index contributed by atoms with van der Waals surface area (Å²) in [5, 5.41) is 15.7. The van der Waals surface area contributed by atoms with Crippen molar-refractivity contribution in [3.63, 3.8) is 0 Å². The van der Waals surface area contributed by atoms with Crippen LogP contribution in [0.3, 0.4) is 0 Å². The monoisotopic (exact) mass is 282 g/mol. The fraction of sp³-hybridized carbons (Fsp3) is 0.643. The van der Waals surface area contributed by atoms with Crippen molar-refractivity contribution in [3.8, 4) is 0 Å². The zero-order chi connectivity index (χ0) is 15.5. The highest BCUT2D eigenvalue weighted by atomic mass is 16.5. The number of aromatic nitrogens is 1. The fourth-order valence-corrected chi connectivity index (χ4v) is 2.09. The average Bonchev–Trinajstić information content (AvgIpc) is 2.71. The second kappa shape index (κ2) is 6.07. The van der Waals surface area contributed by atoms with E-state index in [1.54, 1.807) is 6.92 Å². The maximum Gasteiger partial charge on any atom is 0.329 e. The van der Waals surface area contributed by atoms with Crippen LogP contribution in [-0.2, 0) is 4.79 Å². The number of amides is 1. The maximum atomic E-state index is 12.4. The number of carboxylic acids is 1. The number of rotatable bonds is 6. The highest BCUT2D eigenvalue weighted by Crippen LogP contribution is 2.23. The van der Waals surface area contributed by atoms with Crippen LogP contribution < -0.4 is 5.32 Å². The predicted molar refractivity (Wildman–Crippen MR) is 73.7 cm³/mol. The normalized spacial score (nSPS) is 14.1. The molecule has 1 heterocycles. The molecule has 1 aromatic rings. The minimum atomic E-state index is -1.29. The Balaban J connectivity index is 3.07. The Morgan fingerprint density at radius 3 is 2.50 bits per heavy atom. The van der Waals surface area contributed by atoms with E-state index in [9.17, 15) is 14.7 Å². The topological polar surface area (TPSA) is 92.4 Å². The molecule has 0 aliphatic rings. The van der Waals surface area contributed by atoms with Crippen LogP contribution in [0.15, 0.2) is 4.52 Å². The minimum Gasteiger partial charge on any atom is -0.480 e. The van der Waals surface area contributed by atoms with Crippen LogP contribution in [0.2, 0.25) is 0 Å². The number of carboxylic acid groups (broad SMARTS) is 1. The van der Waals surface area contributed by atoms with E-state index in [0.29, 0.717) is 29.9 Å². The van der Waals surface area contributed by atoms with E-state index in [4.69, 9.17) is 4.52 Å². The standard InChI is InChI=1S/C14H22N2O4/c1-6-7-14(5,13(18)19)15-12(17)10-9(4)16-20-11(10)8(2)3/h8H,6-7H2,1-5H3,(H,15,17)(H,18,19). The molecule has 0 saturated heterocycles. The van der Waals surface area contributed by atoms with Gasteiger partial charge < -0.3 is 14.9 Å². The molecule has 1 rings (SSSR count). The molecule has 1 aromatic heterocycles. The lowest BCUT2D eigenvalue weighted by Crippen LogP contribution is -2.52. The Morgan fingerprint density at radius 2 is 2.05 bits per heavy atom. The Labute approximate surface area is 118 Å². The molecule has 112 valence electrons. The van der Waals surface area contributed by atoms with E-state index >= 15 is 0 Å². The van der Waals surface area contributed by atoms with Crippen LogP contribution in [0.5, 0.6) is 0 Å². The lowest BCUT2D eigenvalue weighted by atomic mass is 9.95. The molecule has 6 nitrogen and oxygen atoms in total. The summed E-state index contributed by atoms with van der Waals surface area (Å²) in [4.78, 5) is 23.7. The molecule has 1 amide bonds. The number of carbonyl (C=O) groups excluding carboxylic acids is 1. The summed E-state index contributed by atoms with van der Waals surface area (Å²) in [5.41, 5.74) is -0.483. The predicted octanol–water partition coefficient (Wildman–Crippen LogP) is 2.48. The maximum absolute atomic E-state index is 12.4. The van der Waals surface area contributed by atoms with Gasteiger partial charge in [0.1, 0.15) is 11.1 Å². The van der Waals surface area contributed by atoms with Crippen LogP contribution in [0.4, 0.5) is 0 Å². The number of nitrogens with one attached hydrogen (secondary N) is 1. The molecule has 0 saturated carbocycles. The van der Waals surface area contributed by atoms with Crippen molar-refractivity contribution in [1.29, 1.82) is 0 Å². The molecular formula is C14H22N2O4. The van der Waals surface area contributed by atoms with Crippen LogP contribution in [0.1, 0.15) is 68.3 Å². The second-order valence-electron chi connectivity index (χ2n) is 5.50. The van der Waals surface area contributed by atoms with Gasteiger partial charge in [0.05, 0.1) is 5.69 Å². The molecule has 0 aliphatic heterocycles. The summed E-state index contributed by atoms with van der Waals surface area (Å²) in [6.07, 6.45) is 1.01. The molecule has 0 fully saturated rings. The van der Waals surface area contributed by atoms with Gasteiger partial charge in [-0.05, 0) is 20.3 Å². The van der Waals surface area contributed by atoms with Gasteiger partial charge in [-0.1, -0.05) is 32.3 Å². The summed E-state index contributed by atoms with van der Waals surface area (Å²) in [5.74, 6) is -1.03. The van der Waals surface area contributed by atoms with Gasteiger partial charge in [-0.15, -0.1) is 0 Å². The Kier molecular flexibility index (Phi) is 4.92. The molecule has 0 bridgehead atoms. The number of hydrogen-bond acceptors (Lipinski definition) is 4. The molecule has 1 atom stereocenters. The summed E-state index contributed by atoms with van der Waals surface area (Å²) in [6, 6.07) is 0. The first-order chi connectivity index (χ1) is 9.23. The molecule has 20 heavy (non-hydrogen) atoms. The third kappa shape index (κ3) is 3.18. The van der Waals surface area contributed by atoms with Gasteiger partial charge in [0.25, 0.3) is 5.91 Å². The van der Waals surface area contributed by atoms with Gasteiger partial charge in [0.2, 0.25) is 0 Å². The van der Waals surface area contributed by atoms with Crippen molar-refractivity contribution in [2.75, 3.05) is 0 Å². The van der Waals surface area contributed by atoms with E-state index in [1.165, 1.54) is 6.92 Å². The first-order valence-corrected chi connectivity index (χ1v) is 6.75. The zero-order valence-electron chi connectivity index (χ0n) is 12.6. The van der Waals surface area contributed by atoms with E-state index in [1.807, 2.05) is 20.8 Å². The number of hydrogen-bond donors (Lipinski definition) is 2. The van der Waals surface area contributed by atoms with Crippen molar-refractivity contribution in [2.45, 2.75) is 58.9 Å². The molecule has 0 aliphatic carbocycles. The third-order valence-corrected chi connectivity index (χ3v) is 3.25. The molecule has 0 spiro atoms. The van der Waals surface area contributed by atoms with Crippen LogP contribution in [0.25, 0.3) is 0 Å². The third-order valence-electron chi connectivity index (χ3n) is 3.25. The Bertz CT molecular complexity index is 507. The van der Waals surface area contributed by atoms with Crippen molar-refractivity contribution >= 4 is 11.9 Å². The molecule has 2 N–H and O–H groups in total. The summed E-state index contributed by atoms with van der Waals surface area (Å²) in [7, 11) is 0. The van der Waals surface area contributed by atoms with Crippen LogP contribution >= 0.6 is 0 Å². The molecule has 0 radical (unpaired) electrons. The average molecular weight is 282 g/mol. The fourth-order valence-electron chi connectivity index (χ4n) is 2.09. The lowest BCUT2D eigenvalue weighted by Gasteiger charge is -2.25. The first-order valence-electron chi connectivity index (χ1n) is 6.75. The highest BCUT2D eigenvalue weighted by Gasteiger charge is 2.36. The summed E-state index contributed by atoms with van der Waals surface area (Å²) in [6.45, 7) is 8.83. The number of carbonyl (C=O) groups is 2. The van der Waals surface area contributed by atoms with Crippen molar-refractivity contribution in [1.82, 2.24) is 10.5 Å². The van der Waals surface area contributed by atoms with E-state index in [-0.39, 0.29) is 5.92 Å². The zero-order valence-corrected chi connectivity index (χ0v) is 12.6. The Morgan fingerprint density at radius 1 is 1.45 bits per heavy atom. The quantitative estimate of drug-likeness (QED) is 0.836. The van der Waals surface area contributed by atoms with Gasteiger partial charge in [-0.3, -0.25) is 4.79 Å². The van der Waals surface area contributed by atoms with E-state index < -0.39 is 17.4 Å². The van der Waals surface area contributed by atoms with E-state index in [2.05, 4.69) is 10.5 Å². The molecular weight excluding hydrogens is 260 g/mol. The SMILES string of the molecule is CCCC(C)(NC(=O)c1c(C)noc1C(C)C)C(=O)O. The molecule has 0 aromatic carbocycles. The lowest BCUT2D eigenvalue weighted by molar-refractivity contribution is -0.144. The number of aliphatic carboxylic acids is 1. The van der Waals surface area contributed by atoms with Crippen molar-refractivity contribution in [2.24, 2.45) is 0 Å². The number of aryl methyl sites for hydroxylation is 1. The van der Waals surface area contributed by atoms with Crippen molar-refractivity contribution < 1.29 is 19.2 Å². The van der Waals surface area contributed by atoms with Gasteiger partial charge in [0, 0.05) is 5.92 Å². The van der Waals surface area contributed by atoms with Crippen LogP contribution in [-0.4, -0.2) is 27.7 Å². The van der Waals surface area contributed by atoms with Gasteiger partial charge >= 0.3 is 5.97 Å². The summed E-state index contributed by atoms with van der Waals surface area (Å²) < 4.78 is 5.15. The van der Waals surface area contributed by atoms with E-state index in [0.717, 1.165) is 0 Å². The van der Waals surface area contributed by atoms with Gasteiger partial charge in [-0.2, -0.15) is 0 Å². The minimum absolute atomic E-state index is 0.000732. The smallest absolute Gasteiger partial charge is 0.329 e. The molecule has 1 unspecified atom stereocenters. The Hall–Kier alpha value is -1.85. The van der Waals surface area contributed by atoms with Gasteiger partial charge in [-0.25, -0.2) is 4.79 Å². The second-order valence-corrected chi connectivity index (χ2v) is 5.50. The first kappa shape index (κ1) is 16.2.